The van der Waals surface area contributed by atoms with Gasteiger partial charge in [0, 0.05) is 16.8 Å². The Morgan fingerprint density at radius 2 is 2.00 bits per heavy atom. The van der Waals surface area contributed by atoms with Crippen molar-refractivity contribution >= 4 is 12.0 Å². The fourth-order valence-electron chi connectivity index (χ4n) is 1.81. The van der Waals surface area contributed by atoms with Crippen molar-refractivity contribution in [2.45, 2.75) is 0 Å². The Bertz CT molecular complexity index is 594. The first-order chi connectivity index (χ1) is 8.67. The second-order valence-corrected chi connectivity index (χ2v) is 3.82. The molecular formula is C14H13NO3. The van der Waals surface area contributed by atoms with E-state index in [1.165, 1.54) is 7.11 Å². The summed E-state index contributed by atoms with van der Waals surface area (Å²) < 4.78 is 5.23. The highest BCUT2D eigenvalue weighted by Gasteiger charge is 2.13. The Kier molecular flexibility index (Phi) is 3.19. The first-order valence-corrected chi connectivity index (χ1v) is 5.38. The summed E-state index contributed by atoms with van der Waals surface area (Å²) in [5.74, 6) is 0.513. The number of methoxy groups -OCH3 is 1. The number of aldehydes is 1. The number of rotatable bonds is 3. The molecule has 0 atom stereocenters. The number of anilines is 1. The number of carbonyl (C=O) groups is 1. The van der Waals surface area contributed by atoms with Crippen molar-refractivity contribution in [2.24, 2.45) is 0 Å². The molecule has 2 aromatic carbocycles. The maximum Gasteiger partial charge on any atom is 0.153 e. The fraction of sp³-hybridized carbons (Fsp3) is 0.0714. The van der Waals surface area contributed by atoms with Gasteiger partial charge < -0.3 is 15.6 Å². The third-order valence-electron chi connectivity index (χ3n) is 2.71. The van der Waals surface area contributed by atoms with Crippen LogP contribution in [0.4, 0.5) is 5.69 Å². The van der Waals surface area contributed by atoms with E-state index >= 15 is 0 Å². The van der Waals surface area contributed by atoms with Gasteiger partial charge in [-0.05, 0) is 24.3 Å². The van der Waals surface area contributed by atoms with Crippen LogP contribution in [0.5, 0.6) is 11.5 Å². The Balaban J connectivity index is 2.68. The molecule has 4 nitrogen and oxygen atoms in total. The maximum absolute atomic E-state index is 10.8. The van der Waals surface area contributed by atoms with Crippen molar-refractivity contribution in [3.8, 4) is 22.6 Å². The van der Waals surface area contributed by atoms with E-state index in [9.17, 15) is 9.90 Å². The van der Waals surface area contributed by atoms with Crippen LogP contribution in [0.2, 0.25) is 0 Å². The van der Waals surface area contributed by atoms with Crippen molar-refractivity contribution < 1.29 is 14.6 Å². The molecule has 0 aliphatic heterocycles. The van der Waals surface area contributed by atoms with Gasteiger partial charge in [0.15, 0.2) is 6.29 Å². The molecule has 0 aliphatic carbocycles. The molecule has 0 saturated carbocycles. The van der Waals surface area contributed by atoms with Crippen molar-refractivity contribution in [2.75, 3.05) is 12.8 Å². The summed E-state index contributed by atoms with van der Waals surface area (Å²) in [6.45, 7) is 0. The van der Waals surface area contributed by atoms with E-state index in [2.05, 4.69) is 0 Å². The van der Waals surface area contributed by atoms with Gasteiger partial charge in [-0.3, -0.25) is 4.79 Å². The predicted octanol–water partition coefficient (Wildman–Crippen LogP) is 2.46. The molecule has 0 spiro atoms. The Hall–Kier alpha value is -2.49. The number of para-hydroxylation sites is 1. The summed E-state index contributed by atoms with van der Waals surface area (Å²) in [5.41, 5.74) is 7.69. The Morgan fingerprint density at radius 3 is 2.67 bits per heavy atom. The largest absolute Gasteiger partial charge is 0.507 e. The highest BCUT2D eigenvalue weighted by atomic mass is 16.5. The van der Waals surface area contributed by atoms with E-state index in [0.717, 1.165) is 0 Å². The van der Waals surface area contributed by atoms with Crippen LogP contribution < -0.4 is 10.5 Å². The summed E-state index contributed by atoms with van der Waals surface area (Å²) in [6, 6.07) is 10.1. The van der Waals surface area contributed by atoms with Gasteiger partial charge in [-0.15, -0.1) is 0 Å². The van der Waals surface area contributed by atoms with Crippen LogP contribution in [0, 0.1) is 0 Å². The fourth-order valence-corrected chi connectivity index (χ4v) is 1.81. The summed E-state index contributed by atoms with van der Waals surface area (Å²) in [7, 11) is 1.54. The molecule has 0 aliphatic rings. The van der Waals surface area contributed by atoms with Gasteiger partial charge in [-0.25, -0.2) is 0 Å². The molecule has 3 N–H and O–H groups in total. The first kappa shape index (κ1) is 12.0. The lowest BCUT2D eigenvalue weighted by Crippen LogP contribution is -1.93. The van der Waals surface area contributed by atoms with Crippen molar-refractivity contribution in [1.29, 1.82) is 0 Å². The van der Waals surface area contributed by atoms with Crippen molar-refractivity contribution in [3.63, 3.8) is 0 Å². The van der Waals surface area contributed by atoms with E-state index in [1.807, 2.05) is 0 Å². The minimum absolute atomic E-state index is 0.0728. The average Bonchev–Trinajstić information content (AvgIpc) is 2.39. The van der Waals surface area contributed by atoms with Gasteiger partial charge >= 0.3 is 0 Å². The number of hydrogen-bond donors (Lipinski definition) is 2. The molecule has 0 unspecified atom stereocenters. The number of aromatic hydroxyl groups is 1. The topological polar surface area (TPSA) is 72.5 Å². The molecule has 92 valence electrons. The zero-order valence-corrected chi connectivity index (χ0v) is 9.88. The molecule has 2 aromatic rings. The van der Waals surface area contributed by atoms with E-state index in [1.54, 1.807) is 36.4 Å². The highest BCUT2D eigenvalue weighted by Crippen LogP contribution is 2.38. The number of phenolic OH excluding ortho intramolecular Hbond substituents is 1. The van der Waals surface area contributed by atoms with Crippen molar-refractivity contribution in [1.82, 2.24) is 0 Å². The number of benzene rings is 2. The maximum atomic E-state index is 10.8. The second kappa shape index (κ2) is 4.79. The molecule has 0 bridgehead atoms. The third-order valence-corrected chi connectivity index (χ3v) is 2.71. The van der Waals surface area contributed by atoms with E-state index < -0.39 is 0 Å². The van der Waals surface area contributed by atoms with E-state index in [-0.39, 0.29) is 11.3 Å². The number of hydrogen-bond acceptors (Lipinski definition) is 4. The summed E-state index contributed by atoms with van der Waals surface area (Å²) in [6.07, 6.45) is 0.609. The molecule has 0 fully saturated rings. The molecular weight excluding hydrogens is 230 g/mol. The molecule has 0 aromatic heterocycles. The van der Waals surface area contributed by atoms with Gasteiger partial charge in [-0.1, -0.05) is 12.1 Å². The summed E-state index contributed by atoms with van der Waals surface area (Å²) in [5, 5.41) is 10.0. The van der Waals surface area contributed by atoms with Crippen LogP contribution in [0.3, 0.4) is 0 Å². The minimum Gasteiger partial charge on any atom is -0.507 e. The van der Waals surface area contributed by atoms with Gasteiger partial charge in [0.25, 0.3) is 0 Å². The standard InChI is InChI=1S/C14H13NO3/c1-18-13-6-5-10(15)7-12(13)11-4-2-3-9(8-16)14(11)17/h2-8,17H,15H2,1H3. The minimum atomic E-state index is -0.0728. The third kappa shape index (κ3) is 2.00. The van der Waals surface area contributed by atoms with Crippen LogP contribution in [-0.4, -0.2) is 18.5 Å². The number of nitrogen functional groups attached to an aromatic ring is 1. The zero-order valence-electron chi connectivity index (χ0n) is 9.88. The van der Waals surface area contributed by atoms with Crippen LogP contribution in [0.15, 0.2) is 36.4 Å². The average molecular weight is 243 g/mol. The predicted molar refractivity (Wildman–Crippen MR) is 69.9 cm³/mol. The first-order valence-electron chi connectivity index (χ1n) is 5.38. The quantitative estimate of drug-likeness (QED) is 0.641. The van der Waals surface area contributed by atoms with Crippen LogP contribution in [0.1, 0.15) is 10.4 Å². The molecule has 0 radical (unpaired) electrons. The Labute approximate surface area is 105 Å². The summed E-state index contributed by atoms with van der Waals surface area (Å²) in [4.78, 5) is 10.8. The van der Waals surface area contributed by atoms with Gasteiger partial charge in [0.05, 0.1) is 12.7 Å². The monoisotopic (exact) mass is 243 g/mol. The molecule has 4 heteroatoms. The molecule has 0 heterocycles. The number of nitrogens with two attached hydrogens (primary N) is 1. The van der Waals surface area contributed by atoms with E-state index in [4.69, 9.17) is 10.5 Å². The lowest BCUT2D eigenvalue weighted by atomic mass is 10.0. The lowest BCUT2D eigenvalue weighted by molar-refractivity contribution is 0.112. The summed E-state index contributed by atoms with van der Waals surface area (Å²) >= 11 is 0. The number of carbonyl (C=O) groups excluding carboxylic acids is 1. The smallest absolute Gasteiger partial charge is 0.153 e. The highest BCUT2D eigenvalue weighted by molar-refractivity contribution is 5.87. The number of ether oxygens (including phenoxy) is 1. The van der Waals surface area contributed by atoms with Gasteiger partial charge in [0.1, 0.15) is 11.5 Å². The van der Waals surface area contributed by atoms with Gasteiger partial charge in [0.2, 0.25) is 0 Å². The molecule has 0 saturated heterocycles. The van der Waals surface area contributed by atoms with E-state index in [0.29, 0.717) is 28.8 Å². The van der Waals surface area contributed by atoms with Crippen LogP contribution >= 0.6 is 0 Å². The SMILES string of the molecule is COc1ccc(N)cc1-c1cccc(C=O)c1O. The lowest BCUT2D eigenvalue weighted by Gasteiger charge is -2.11. The van der Waals surface area contributed by atoms with Gasteiger partial charge in [-0.2, -0.15) is 0 Å². The molecule has 2 rings (SSSR count). The molecule has 18 heavy (non-hydrogen) atoms. The number of phenols is 1. The molecule has 0 amide bonds. The Morgan fingerprint density at radius 1 is 1.22 bits per heavy atom. The normalized spacial score (nSPS) is 10.1. The van der Waals surface area contributed by atoms with Crippen molar-refractivity contribution in [3.05, 3.63) is 42.0 Å². The van der Waals surface area contributed by atoms with Crippen LogP contribution in [-0.2, 0) is 0 Å². The van der Waals surface area contributed by atoms with Crippen LogP contribution in [0.25, 0.3) is 11.1 Å². The zero-order chi connectivity index (χ0) is 13.1. The second-order valence-electron chi connectivity index (χ2n) is 3.82.